The standard InChI is InChI=1S/C22H27N3O3S/c26-22(23-16-18-5-2-1-3-6-18)17-24-11-13-25(14-12-24)29(27,28)21-10-9-19-7-4-8-20(19)15-21/h1-3,5-6,9-10,15H,4,7-8,11-14,16-17H2,(H,23,26). The summed E-state index contributed by atoms with van der Waals surface area (Å²) in [6, 6.07) is 15.3. The number of carbonyl (C=O) groups excluding carboxylic acids is 1. The van der Waals surface area contributed by atoms with Crippen LogP contribution in [0.5, 0.6) is 0 Å². The van der Waals surface area contributed by atoms with Crippen LogP contribution in [0, 0.1) is 0 Å². The number of fused-ring (bicyclic) bond motifs is 1. The molecule has 0 saturated carbocycles. The molecule has 0 spiro atoms. The molecule has 2 aromatic carbocycles. The van der Waals surface area contributed by atoms with E-state index < -0.39 is 10.0 Å². The summed E-state index contributed by atoms with van der Waals surface area (Å²) in [4.78, 5) is 14.6. The number of rotatable bonds is 6. The number of hydrogen-bond acceptors (Lipinski definition) is 4. The first kappa shape index (κ1) is 20.1. The number of benzene rings is 2. The van der Waals surface area contributed by atoms with Gasteiger partial charge in [-0.3, -0.25) is 9.69 Å². The Balaban J connectivity index is 1.29. The maximum Gasteiger partial charge on any atom is 0.243 e. The molecular formula is C22H27N3O3S. The number of nitrogens with one attached hydrogen (secondary N) is 1. The Labute approximate surface area is 172 Å². The predicted octanol–water partition coefficient (Wildman–Crippen LogP) is 1.80. The molecule has 0 aromatic heterocycles. The Morgan fingerprint density at radius 1 is 0.931 bits per heavy atom. The first-order valence-electron chi connectivity index (χ1n) is 10.2. The van der Waals surface area contributed by atoms with Gasteiger partial charge < -0.3 is 5.32 Å². The smallest absolute Gasteiger partial charge is 0.243 e. The summed E-state index contributed by atoms with van der Waals surface area (Å²) < 4.78 is 27.6. The van der Waals surface area contributed by atoms with E-state index in [9.17, 15) is 13.2 Å². The third-order valence-electron chi connectivity index (χ3n) is 5.74. The maximum atomic E-state index is 13.0. The highest BCUT2D eigenvalue weighted by Gasteiger charge is 2.29. The van der Waals surface area contributed by atoms with Crippen LogP contribution in [-0.2, 0) is 34.2 Å². The van der Waals surface area contributed by atoms with Gasteiger partial charge in [0.15, 0.2) is 0 Å². The first-order chi connectivity index (χ1) is 14.0. The highest BCUT2D eigenvalue weighted by atomic mass is 32.2. The largest absolute Gasteiger partial charge is 0.351 e. The Morgan fingerprint density at radius 3 is 2.41 bits per heavy atom. The average molecular weight is 414 g/mol. The summed E-state index contributed by atoms with van der Waals surface area (Å²) in [5, 5.41) is 2.92. The van der Waals surface area contributed by atoms with Gasteiger partial charge in [-0.15, -0.1) is 0 Å². The van der Waals surface area contributed by atoms with E-state index in [0.717, 1.165) is 24.8 Å². The number of aryl methyl sites for hydroxylation is 2. The van der Waals surface area contributed by atoms with E-state index in [1.807, 2.05) is 47.4 Å². The molecule has 1 aliphatic heterocycles. The van der Waals surface area contributed by atoms with Crippen molar-refractivity contribution in [3.63, 3.8) is 0 Å². The van der Waals surface area contributed by atoms with Crippen LogP contribution in [0.25, 0.3) is 0 Å². The zero-order valence-electron chi connectivity index (χ0n) is 16.5. The van der Waals surface area contributed by atoms with Gasteiger partial charge in [-0.2, -0.15) is 4.31 Å². The van der Waals surface area contributed by atoms with Gasteiger partial charge in [-0.05, 0) is 48.1 Å². The monoisotopic (exact) mass is 413 g/mol. The fourth-order valence-electron chi connectivity index (χ4n) is 4.04. The van der Waals surface area contributed by atoms with Crippen molar-refractivity contribution >= 4 is 15.9 Å². The molecule has 6 nitrogen and oxygen atoms in total. The molecule has 0 radical (unpaired) electrons. The van der Waals surface area contributed by atoms with E-state index in [4.69, 9.17) is 0 Å². The van der Waals surface area contributed by atoms with Gasteiger partial charge in [0.1, 0.15) is 0 Å². The minimum absolute atomic E-state index is 0.0382. The van der Waals surface area contributed by atoms with E-state index in [-0.39, 0.29) is 5.91 Å². The molecule has 1 amide bonds. The lowest BCUT2D eigenvalue weighted by molar-refractivity contribution is -0.122. The highest BCUT2D eigenvalue weighted by Crippen LogP contribution is 2.26. The molecular weight excluding hydrogens is 386 g/mol. The molecule has 0 atom stereocenters. The number of carbonyl (C=O) groups is 1. The summed E-state index contributed by atoms with van der Waals surface area (Å²) in [6.07, 6.45) is 3.11. The van der Waals surface area contributed by atoms with Crippen LogP contribution in [0.15, 0.2) is 53.4 Å². The number of hydrogen-bond donors (Lipinski definition) is 1. The van der Waals surface area contributed by atoms with Crippen LogP contribution in [0.1, 0.15) is 23.1 Å². The number of amides is 1. The molecule has 1 saturated heterocycles. The van der Waals surface area contributed by atoms with E-state index >= 15 is 0 Å². The lowest BCUT2D eigenvalue weighted by atomic mass is 10.1. The zero-order valence-corrected chi connectivity index (χ0v) is 17.3. The fraction of sp³-hybridized carbons (Fsp3) is 0.409. The Bertz CT molecular complexity index is 968. The van der Waals surface area contributed by atoms with Gasteiger partial charge in [-0.25, -0.2) is 8.42 Å². The van der Waals surface area contributed by atoms with Crippen molar-refractivity contribution in [3.05, 3.63) is 65.2 Å². The fourth-order valence-corrected chi connectivity index (χ4v) is 5.51. The molecule has 0 unspecified atom stereocenters. The van der Waals surface area contributed by atoms with Crippen molar-refractivity contribution in [2.45, 2.75) is 30.7 Å². The minimum Gasteiger partial charge on any atom is -0.351 e. The molecule has 0 bridgehead atoms. The first-order valence-corrected chi connectivity index (χ1v) is 11.6. The molecule has 2 aromatic rings. The molecule has 2 aliphatic rings. The second kappa shape index (κ2) is 8.65. The van der Waals surface area contributed by atoms with E-state index in [0.29, 0.717) is 44.2 Å². The van der Waals surface area contributed by atoms with Crippen LogP contribution >= 0.6 is 0 Å². The van der Waals surface area contributed by atoms with Crippen molar-refractivity contribution in [3.8, 4) is 0 Å². The summed E-state index contributed by atoms with van der Waals surface area (Å²) in [5.41, 5.74) is 3.50. The van der Waals surface area contributed by atoms with Gasteiger partial charge in [0.05, 0.1) is 11.4 Å². The normalized spacial score (nSPS) is 17.8. The molecule has 1 N–H and O–H groups in total. The van der Waals surface area contributed by atoms with E-state index in [1.165, 1.54) is 11.1 Å². The summed E-state index contributed by atoms with van der Waals surface area (Å²) in [6.45, 7) is 2.73. The van der Waals surface area contributed by atoms with Crippen molar-refractivity contribution in [2.75, 3.05) is 32.7 Å². The van der Waals surface area contributed by atoms with Crippen LogP contribution in [0.2, 0.25) is 0 Å². The highest BCUT2D eigenvalue weighted by molar-refractivity contribution is 7.89. The van der Waals surface area contributed by atoms with Gasteiger partial charge in [0.2, 0.25) is 15.9 Å². The lowest BCUT2D eigenvalue weighted by Gasteiger charge is -2.33. The molecule has 1 fully saturated rings. The van der Waals surface area contributed by atoms with Gasteiger partial charge in [0, 0.05) is 32.7 Å². The number of piperazine rings is 1. The topological polar surface area (TPSA) is 69.7 Å². The molecule has 7 heteroatoms. The second-order valence-electron chi connectivity index (χ2n) is 7.73. The molecule has 4 rings (SSSR count). The summed E-state index contributed by atoms with van der Waals surface area (Å²) >= 11 is 0. The predicted molar refractivity (Wildman–Crippen MR) is 112 cm³/mol. The van der Waals surface area contributed by atoms with E-state index in [2.05, 4.69) is 5.32 Å². The molecule has 1 heterocycles. The van der Waals surface area contributed by atoms with Gasteiger partial charge in [-0.1, -0.05) is 36.4 Å². The van der Waals surface area contributed by atoms with Crippen molar-refractivity contribution in [2.24, 2.45) is 0 Å². The third-order valence-corrected chi connectivity index (χ3v) is 7.63. The summed E-state index contributed by atoms with van der Waals surface area (Å²) in [5.74, 6) is -0.0382. The van der Waals surface area contributed by atoms with Crippen LogP contribution in [-0.4, -0.2) is 56.3 Å². The average Bonchev–Trinajstić information content (AvgIpc) is 3.21. The van der Waals surface area contributed by atoms with E-state index in [1.54, 1.807) is 10.4 Å². The van der Waals surface area contributed by atoms with Gasteiger partial charge >= 0.3 is 0 Å². The third kappa shape index (κ3) is 4.69. The van der Waals surface area contributed by atoms with Crippen molar-refractivity contribution in [1.82, 2.24) is 14.5 Å². The molecule has 29 heavy (non-hydrogen) atoms. The quantitative estimate of drug-likeness (QED) is 0.784. The zero-order chi connectivity index (χ0) is 20.3. The molecule has 1 aliphatic carbocycles. The Kier molecular flexibility index (Phi) is 5.99. The lowest BCUT2D eigenvalue weighted by Crippen LogP contribution is -2.51. The number of nitrogens with zero attached hydrogens (tertiary/aromatic N) is 2. The second-order valence-corrected chi connectivity index (χ2v) is 9.66. The SMILES string of the molecule is O=C(CN1CCN(S(=O)(=O)c2ccc3c(c2)CCC3)CC1)NCc1ccccc1. The van der Waals surface area contributed by atoms with Crippen LogP contribution in [0.3, 0.4) is 0 Å². The minimum atomic E-state index is -3.48. The van der Waals surface area contributed by atoms with Crippen molar-refractivity contribution in [1.29, 1.82) is 0 Å². The van der Waals surface area contributed by atoms with Crippen LogP contribution in [0.4, 0.5) is 0 Å². The summed E-state index contributed by atoms with van der Waals surface area (Å²) in [7, 11) is -3.48. The maximum absolute atomic E-state index is 13.0. The van der Waals surface area contributed by atoms with Crippen molar-refractivity contribution < 1.29 is 13.2 Å². The number of sulfonamides is 1. The van der Waals surface area contributed by atoms with Crippen LogP contribution < -0.4 is 5.32 Å². The Hall–Kier alpha value is -2.22. The molecule has 154 valence electrons. The van der Waals surface area contributed by atoms with Gasteiger partial charge in [0.25, 0.3) is 0 Å². The Morgan fingerprint density at radius 2 is 1.66 bits per heavy atom.